The van der Waals surface area contributed by atoms with E-state index in [2.05, 4.69) is 31.1 Å². The van der Waals surface area contributed by atoms with Crippen LogP contribution in [-0.2, 0) is 4.79 Å². The number of aliphatic hydroxyl groups is 1. The summed E-state index contributed by atoms with van der Waals surface area (Å²) in [6.45, 7) is 5.56. The molecule has 2 N–H and O–H groups in total. The number of hydrogen-bond donors (Lipinski definition) is 2. The number of allylic oxidation sites excluding steroid dienone is 1. The average Bonchev–Trinajstić information content (AvgIpc) is 2.76. The number of aliphatic hydroxyl groups excluding tert-OH is 1. The van der Waals surface area contributed by atoms with E-state index < -0.39 is 6.10 Å². The number of hydrogen-bond acceptors (Lipinski definition) is 3. The molecule has 0 aromatic rings. The van der Waals surface area contributed by atoms with Gasteiger partial charge in [0.15, 0.2) is 0 Å². The Morgan fingerprint density at radius 3 is 2.61 bits per heavy atom. The number of carbonyl (C=O) groups excluding carboxylic acids is 1. The summed E-state index contributed by atoms with van der Waals surface area (Å²) < 4.78 is 0. The molecule has 4 heteroatoms. The van der Waals surface area contributed by atoms with E-state index in [0.717, 1.165) is 32.2 Å². The summed E-state index contributed by atoms with van der Waals surface area (Å²) in [5.41, 5.74) is 1.47. The minimum Gasteiger partial charge on any atom is -0.391 e. The van der Waals surface area contributed by atoms with Crippen molar-refractivity contribution in [3.8, 4) is 0 Å². The molecule has 4 atom stereocenters. The summed E-state index contributed by atoms with van der Waals surface area (Å²) in [4.78, 5) is 14.7. The van der Waals surface area contributed by atoms with Gasteiger partial charge in [-0.15, -0.1) is 0 Å². The summed E-state index contributed by atoms with van der Waals surface area (Å²) in [6, 6.07) is 0.439. The SMILES string of the molecule is CC(C)C1N(C)CC12C[C@@H](O)[C@H](NC(=O)C=C1CCCCC1)C2. The average molecular weight is 320 g/mol. The van der Waals surface area contributed by atoms with Crippen molar-refractivity contribution in [2.24, 2.45) is 11.3 Å². The molecule has 1 spiro atoms. The van der Waals surface area contributed by atoms with E-state index in [1.54, 1.807) is 6.08 Å². The van der Waals surface area contributed by atoms with Crippen molar-refractivity contribution >= 4 is 5.91 Å². The Morgan fingerprint density at radius 1 is 1.30 bits per heavy atom. The molecule has 2 unspecified atom stereocenters. The second-order valence-corrected chi connectivity index (χ2v) is 8.42. The molecule has 3 rings (SSSR count). The van der Waals surface area contributed by atoms with Crippen LogP contribution in [0.2, 0.25) is 0 Å². The lowest BCUT2D eigenvalue weighted by Crippen LogP contribution is -2.64. The molecule has 0 aromatic heterocycles. The molecular formula is C19H32N2O2. The van der Waals surface area contributed by atoms with Crippen LogP contribution in [0.5, 0.6) is 0 Å². The van der Waals surface area contributed by atoms with Gasteiger partial charge in [-0.3, -0.25) is 4.79 Å². The van der Waals surface area contributed by atoms with Gasteiger partial charge in [0.05, 0.1) is 12.1 Å². The van der Waals surface area contributed by atoms with Gasteiger partial charge in [-0.05, 0) is 51.5 Å². The summed E-state index contributed by atoms with van der Waals surface area (Å²) in [5.74, 6) is 0.580. The summed E-state index contributed by atoms with van der Waals surface area (Å²) >= 11 is 0. The van der Waals surface area contributed by atoms with Gasteiger partial charge in [0.25, 0.3) is 0 Å². The largest absolute Gasteiger partial charge is 0.391 e. The van der Waals surface area contributed by atoms with Crippen LogP contribution in [0.25, 0.3) is 0 Å². The normalized spacial score (nSPS) is 38.0. The minimum absolute atomic E-state index is 0.00299. The van der Waals surface area contributed by atoms with Crippen LogP contribution in [0.15, 0.2) is 11.6 Å². The Hall–Kier alpha value is -0.870. The Bertz CT molecular complexity index is 475. The Labute approximate surface area is 140 Å². The van der Waals surface area contributed by atoms with Crippen LogP contribution in [0, 0.1) is 11.3 Å². The monoisotopic (exact) mass is 320 g/mol. The van der Waals surface area contributed by atoms with Crippen molar-refractivity contribution in [1.82, 2.24) is 10.2 Å². The third kappa shape index (κ3) is 3.34. The smallest absolute Gasteiger partial charge is 0.244 e. The number of likely N-dealkylation sites (tertiary alicyclic amines) is 1. The second-order valence-electron chi connectivity index (χ2n) is 8.42. The van der Waals surface area contributed by atoms with E-state index in [9.17, 15) is 9.90 Å². The fourth-order valence-electron chi connectivity index (χ4n) is 5.55. The van der Waals surface area contributed by atoms with Gasteiger partial charge < -0.3 is 15.3 Å². The first-order valence-electron chi connectivity index (χ1n) is 9.29. The fraction of sp³-hybridized carbons (Fsp3) is 0.842. The van der Waals surface area contributed by atoms with Crippen molar-refractivity contribution in [2.45, 2.75) is 77.0 Å². The summed E-state index contributed by atoms with van der Waals surface area (Å²) in [7, 11) is 2.17. The summed E-state index contributed by atoms with van der Waals surface area (Å²) in [6.07, 6.45) is 8.94. The third-order valence-electron chi connectivity index (χ3n) is 6.16. The number of rotatable bonds is 3. The molecule has 1 aliphatic heterocycles. The van der Waals surface area contributed by atoms with E-state index in [1.807, 2.05) is 0 Å². The molecule has 0 bridgehead atoms. The predicted molar refractivity (Wildman–Crippen MR) is 92.0 cm³/mol. The zero-order valence-electron chi connectivity index (χ0n) is 14.8. The number of nitrogens with one attached hydrogen (secondary N) is 1. The van der Waals surface area contributed by atoms with Crippen molar-refractivity contribution < 1.29 is 9.90 Å². The van der Waals surface area contributed by atoms with Crippen molar-refractivity contribution in [3.63, 3.8) is 0 Å². The topological polar surface area (TPSA) is 52.6 Å². The highest BCUT2D eigenvalue weighted by atomic mass is 16.3. The quantitative estimate of drug-likeness (QED) is 0.786. The molecule has 4 nitrogen and oxygen atoms in total. The van der Waals surface area contributed by atoms with Gasteiger partial charge >= 0.3 is 0 Å². The standard InChI is InChI=1S/C19H32N2O2/c1-13(2)18-19(12-21(18)3)10-15(16(22)11-19)20-17(23)9-14-7-5-4-6-8-14/h9,13,15-16,18,22H,4-8,10-12H2,1-3H3,(H,20,23)/t15-,16-,18?,19?/m1/s1. The predicted octanol–water partition coefficient (Wildman–Crippen LogP) is 2.47. The molecule has 2 saturated carbocycles. The van der Waals surface area contributed by atoms with Crippen LogP contribution < -0.4 is 5.32 Å². The first-order chi connectivity index (χ1) is 10.9. The van der Waals surface area contributed by atoms with Crippen molar-refractivity contribution in [3.05, 3.63) is 11.6 Å². The highest BCUT2D eigenvalue weighted by Crippen LogP contribution is 2.52. The van der Waals surface area contributed by atoms with Crippen molar-refractivity contribution in [2.75, 3.05) is 13.6 Å². The number of amides is 1. The number of carbonyl (C=O) groups is 1. The van der Waals surface area contributed by atoms with Gasteiger partial charge in [-0.1, -0.05) is 25.8 Å². The maximum absolute atomic E-state index is 12.3. The maximum atomic E-state index is 12.3. The molecule has 0 aromatic carbocycles. The first-order valence-corrected chi connectivity index (χ1v) is 9.29. The Morgan fingerprint density at radius 2 is 2.00 bits per heavy atom. The molecule has 130 valence electrons. The van der Waals surface area contributed by atoms with Crippen molar-refractivity contribution in [1.29, 1.82) is 0 Å². The van der Waals surface area contributed by atoms with E-state index in [0.29, 0.717) is 12.0 Å². The summed E-state index contributed by atoms with van der Waals surface area (Å²) in [5, 5.41) is 13.6. The first kappa shape index (κ1) is 17.0. The lowest BCUT2D eigenvalue weighted by molar-refractivity contribution is -0.118. The van der Waals surface area contributed by atoms with Crippen LogP contribution >= 0.6 is 0 Å². The second kappa shape index (κ2) is 6.56. The van der Waals surface area contributed by atoms with E-state index in [4.69, 9.17) is 0 Å². The van der Waals surface area contributed by atoms with E-state index in [1.165, 1.54) is 24.8 Å². The molecule has 0 radical (unpaired) electrons. The zero-order chi connectivity index (χ0) is 16.6. The van der Waals surface area contributed by atoms with E-state index >= 15 is 0 Å². The lowest BCUT2D eigenvalue weighted by Gasteiger charge is -2.57. The third-order valence-corrected chi connectivity index (χ3v) is 6.16. The number of nitrogens with zero attached hydrogens (tertiary/aromatic N) is 1. The fourth-order valence-corrected chi connectivity index (χ4v) is 5.55. The molecule has 1 saturated heterocycles. The van der Waals surface area contributed by atoms with Gasteiger partial charge in [0.2, 0.25) is 5.91 Å². The van der Waals surface area contributed by atoms with Gasteiger partial charge in [0.1, 0.15) is 0 Å². The minimum atomic E-state index is -0.404. The molecule has 2 aliphatic carbocycles. The highest BCUT2D eigenvalue weighted by molar-refractivity contribution is 5.88. The highest BCUT2D eigenvalue weighted by Gasteiger charge is 2.58. The molecule has 3 aliphatic rings. The molecule has 1 amide bonds. The van der Waals surface area contributed by atoms with Gasteiger partial charge in [-0.2, -0.15) is 0 Å². The van der Waals surface area contributed by atoms with Gasteiger partial charge in [0, 0.05) is 24.1 Å². The van der Waals surface area contributed by atoms with Crippen LogP contribution in [0.4, 0.5) is 0 Å². The van der Waals surface area contributed by atoms with Crippen LogP contribution in [0.1, 0.15) is 58.8 Å². The Balaban J connectivity index is 1.60. The lowest BCUT2D eigenvalue weighted by atomic mass is 9.66. The molecule has 1 heterocycles. The molecular weight excluding hydrogens is 288 g/mol. The van der Waals surface area contributed by atoms with Gasteiger partial charge in [-0.25, -0.2) is 0 Å². The Kier molecular flexibility index (Phi) is 4.84. The van der Waals surface area contributed by atoms with E-state index in [-0.39, 0.29) is 17.4 Å². The zero-order valence-corrected chi connectivity index (χ0v) is 14.8. The van der Waals surface area contributed by atoms with Crippen LogP contribution in [-0.4, -0.2) is 47.7 Å². The van der Waals surface area contributed by atoms with Crippen LogP contribution in [0.3, 0.4) is 0 Å². The molecule has 3 fully saturated rings. The maximum Gasteiger partial charge on any atom is 0.244 e. The molecule has 23 heavy (non-hydrogen) atoms.